The van der Waals surface area contributed by atoms with E-state index >= 15 is 0 Å². The van der Waals surface area contributed by atoms with Crippen molar-refractivity contribution in [2.75, 3.05) is 0 Å². The molecule has 50 heavy (non-hydrogen) atoms. The lowest BCUT2D eigenvalue weighted by Crippen LogP contribution is -2.16. The Labute approximate surface area is 291 Å². The predicted octanol–water partition coefficient (Wildman–Crippen LogP) is 12.0. The van der Waals surface area contributed by atoms with Gasteiger partial charge in [-0.05, 0) is 69.1 Å². The van der Waals surface area contributed by atoms with E-state index in [1.54, 1.807) is 0 Å². The minimum Gasteiger partial charge on any atom is -0.292 e. The normalized spacial score (nSPS) is 13.2. The van der Waals surface area contributed by atoms with Gasteiger partial charge >= 0.3 is 0 Å². The van der Waals surface area contributed by atoms with Crippen LogP contribution in [0.3, 0.4) is 0 Å². The molecule has 236 valence electrons. The van der Waals surface area contributed by atoms with Gasteiger partial charge in [-0.1, -0.05) is 147 Å². The SMILES string of the molecule is CC1(C)c2ccccc2-c2ccc3c(c(-c4ccc(-c5ccc(-c6nc7ccccc7n6-c6ccccc6)cc5)cc4)nc4ccccc43)c21. The Kier molecular flexibility index (Phi) is 6.22. The van der Waals surface area contributed by atoms with Gasteiger partial charge in [-0.2, -0.15) is 0 Å². The molecule has 0 N–H and O–H groups in total. The number of nitrogens with zero attached hydrogens (tertiary/aromatic N) is 3. The molecule has 0 fully saturated rings. The zero-order chi connectivity index (χ0) is 33.4. The average molecular weight is 640 g/mol. The van der Waals surface area contributed by atoms with Gasteiger partial charge in [0.15, 0.2) is 0 Å². The largest absolute Gasteiger partial charge is 0.292 e. The second kappa shape index (κ2) is 10.8. The third-order valence-electron chi connectivity index (χ3n) is 10.6. The van der Waals surface area contributed by atoms with E-state index < -0.39 is 0 Å². The molecule has 0 spiro atoms. The van der Waals surface area contributed by atoms with Crippen molar-refractivity contribution in [3.63, 3.8) is 0 Å². The third-order valence-corrected chi connectivity index (χ3v) is 10.6. The molecule has 1 aliphatic carbocycles. The fraction of sp³-hybridized carbons (Fsp3) is 0.0638. The summed E-state index contributed by atoms with van der Waals surface area (Å²) in [6.07, 6.45) is 0. The highest BCUT2D eigenvalue weighted by molar-refractivity contribution is 6.15. The summed E-state index contributed by atoms with van der Waals surface area (Å²) >= 11 is 0. The first kappa shape index (κ1) is 28.7. The first-order valence-corrected chi connectivity index (χ1v) is 17.3. The van der Waals surface area contributed by atoms with Gasteiger partial charge in [-0.25, -0.2) is 9.97 Å². The quantitative estimate of drug-likeness (QED) is 0.179. The molecule has 3 heteroatoms. The molecule has 0 amide bonds. The lowest BCUT2D eigenvalue weighted by Gasteiger charge is -2.24. The first-order valence-electron chi connectivity index (χ1n) is 17.3. The zero-order valence-corrected chi connectivity index (χ0v) is 27.9. The number of aromatic nitrogens is 3. The summed E-state index contributed by atoms with van der Waals surface area (Å²) in [5.74, 6) is 0.936. The van der Waals surface area contributed by atoms with Gasteiger partial charge in [-0.3, -0.25) is 4.57 Å². The number of benzene rings is 7. The summed E-state index contributed by atoms with van der Waals surface area (Å²) in [6.45, 7) is 4.72. The minimum absolute atomic E-state index is 0.146. The van der Waals surface area contributed by atoms with Crippen LogP contribution in [-0.4, -0.2) is 14.5 Å². The smallest absolute Gasteiger partial charge is 0.145 e. The van der Waals surface area contributed by atoms with Crippen molar-refractivity contribution in [3.05, 3.63) is 175 Å². The second-order valence-corrected chi connectivity index (χ2v) is 13.8. The van der Waals surface area contributed by atoms with Crippen molar-refractivity contribution in [1.82, 2.24) is 14.5 Å². The Hall–Kier alpha value is -6.32. The molecule has 7 aromatic carbocycles. The molecule has 9 aromatic rings. The highest BCUT2D eigenvalue weighted by Crippen LogP contribution is 2.53. The van der Waals surface area contributed by atoms with E-state index in [4.69, 9.17) is 9.97 Å². The summed E-state index contributed by atoms with van der Waals surface area (Å²) < 4.78 is 2.25. The van der Waals surface area contributed by atoms with Crippen LogP contribution in [0.2, 0.25) is 0 Å². The first-order chi connectivity index (χ1) is 24.6. The van der Waals surface area contributed by atoms with Crippen LogP contribution < -0.4 is 0 Å². The van der Waals surface area contributed by atoms with Gasteiger partial charge in [0.25, 0.3) is 0 Å². The Morgan fingerprint density at radius 1 is 0.460 bits per heavy atom. The average Bonchev–Trinajstić information content (AvgIpc) is 3.68. The van der Waals surface area contributed by atoms with Crippen molar-refractivity contribution in [3.8, 4) is 50.6 Å². The maximum Gasteiger partial charge on any atom is 0.145 e. The Bertz CT molecular complexity index is 2750. The lowest BCUT2D eigenvalue weighted by atomic mass is 9.79. The number of hydrogen-bond acceptors (Lipinski definition) is 2. The van der Waals surface area contributed by atoms with Gasteiger partial charge in [0.05, 0.1) is 22.2 Å². The van der Waals surface area contributed by atoms with Crippen molar-refractivity contribution < 1.29 is 0 Å². The number of fused-ring (bicyclic) bond motifs is 8. The van der Waals surface area contributed by atoms with Gasteiger partial charge in [0.1, 0.15) is 5.82 Å². The van der Waals surface area contributed by atoms with Crippen LogP contribution in [0, 0.1) is 0 Å². The van der Waals surface area contributed by atoms with Crippen molar-refractivity contribution in [2.45, 2.75) is 19.3 Å². The molecule has 0 aliphatic heterocycles. The summed E-state index contributed by atoms with van der Waals surface area (Å²) in [4.78, 5) is 10.4. The lowest BCUT2D eigenvalue weighted by molar-refractivity contribution is 0.666. The van der Waals surface area contributed by atoms with E-state index in [2.05, 4.69) is 170 Å². The van der Waals surface area contributed by atoms with Crippen LogP contribution in [0.5, 0.6) is 0 Å². The van der Waals surface area contributed by atoms with E-state index in [0.29, 0.717) is 0 Å². The number of imidazole rings is 1. The molecule has 1 aliphatic rings. The van der Waals surface area contributed by atoms with Crippen molar-refractivity contribution >= 4 is 32.7 Å². The van der Waals surface area contributed by atoms with Crippen LogP contribution in [0.1, 0.15) is 25.0 Å². The molecule has 2 heterocycles. The van der Waals surface area contributed by atoms with Crippen LogP contribution in [0.4, 0.5) is 0 Å². The fourth-order valence-electron chi connectivity index (χ4n) is 8.22. The van der Waals surface area contributed by atoms with Gasteiger partial charge < -0.3 is 0 Å². The molecular formula is C47H33N3. The molecule has 0 radical (unpaired) electrons. The number of rotatable bonds is 4. The molecule has 0 atom stereocenters. The molecule has 10 rings (SSSR count). The molecule has 0 saturated carbocycles. The predicted molar refractivity (Wildman–Crippen MR) is 208 cm³/mol. The number of hydrogen-bond donors (Lipinski definition) is 0. The Balaban J connectivity index is 1.07. The van der Waals surface area contributed by atoms with Crippen molar-refractivity contribution in [2.24, 2.45) is 0 Å². The standard InChI is InChI=1S/C47H33N3/c1-47(2)39-16-8-6-14-35(39)38-29-28-37-36-15-7-9-17-40(36)48-45(43(37)44(38)47)32-24-20-30(21-25-32)31-22-26-33(27-23-31)46-49-41-18-10-11-19-42(41)50(46)34-12-4-3-5-13-34/h3-29H,1-2H3. The minimum atomic E-state index is -0.146. The van der Waals surface area contributed by atoms with Crippen LogP contribution in [0.25, 0.3) is 83.3 Å². The van der Waals surface area contributed by atoms with Crippen LogP contribution >= 0.6 is 0 Å². The molecule has 0 saturated heterocycles. The van der Waals surface area contributed by atoms with Gasteiger partial charge in [0, 0.05) is 33.0 Å². The summed E-state index contributed by atoms with van der Waals surface area (Å²) in [5.41, 5.74) is 15.0. The summed E-state index contributed by atoms with van der Waals surface area (Å²) in [5, 5.41) is 3.70. The molecule has 2 aromatic heterocycles. The topological polar surface area (TPSA) is 30.7 Å². The fourth-order valence-corrected chi connectivity index (χ4v) is 8.22. The van der Waals surface area contributed by atoms with Crippen molar-refractivity contribution in [1.29, 1.82) is 0 Å². The zero-order valence-electron chi connectivity index (χ0n) is 27.9. The molecule has 3 nitrogen and oxygen atoms in total. The van der Waals surface area contributed by atoms with Crippen LogP contribution in [0.15, 0.2) is 164 Å². The monoisotopic (exact) mass is 639 g/mol. The third kappa shape index (κ3) is 4.23. The van der Waals surface area contributed by atoms with Gasteiger partial charge in [0.2, 0.25) is 0 Å². The maximum atomic E-state index is 5.37. The van der Waals surface area contributed by atoms with E-state index in [1.807, 2.05) is 12.1 Å². The van der Waals surface area contributed by atoms with E-state index in [9.17, 15) is 0 Å². The molecule has 0 bridgehead atoms. The van der Waals surface area contributed by atoms with Gasteiger partial charge in [-0.15, -0.1) is 0 Å². The number of para-hydroxylation sites is 4. The molecule has 0 unspecified atom stereocenters. The Morgan fingerprint density at radius 3 is 1.86 bits per heavy atom. The van der Waals surface area contributed by atoms with Crippen LogP contribution in [-0.2, 0) is 5.41 Å². The van der Waals surface area contributed by atoms with E-state index in [-0.39, 0.29) is 5.41 Å². The highest BCUT2D eigenvalue weighted by atomic mass is 15.1. The summed E-state index contributed by atoms with van der Waals surface area (Å²) in [7, 11) is 0. The van der Waals surface area contributed by atoms with E-state index in [0.717, 1.165) is 50.4 Å². The van der Waals surface area contributed by atoms with E-state index in [1.165, 1.54) is 44.0 Å². The summed E-state index contributed by atoms with van der Waals surface area (Å²) in [6, 6.07) is 58.5. The number of pyridine rings is 1. The highest BCUT2D eigenvalue weighted by Gasteiger charge is 2.37. The Morgan fingerprint density at radius 2 is 1.08 bits per heavy atom. The second-order valence-electron chi connectivity index (χ2n) is 13.8. The molecular weight excluding hydrogens is 607 g/mol. The maximum absolute atomic E-state index is 5.37.